The summed E-state index contributed by atoms with van der Waals surface area (Å²) in [6, 6.07) is 13.3. The summed E-state index contributed by atoms with van der Waals surface area (Å²) in [4.78, 5) is 14.9. The quantitative estimate of drug-likeness (QED) is 0.531. The summed E-state index contributed by atoms with van der Waals surface area (Å²) in [7, 11) is 0. The van der Waals surface area contributed by atoms with E-state index in [1.54, 1.807) is 17.0 Å². The van der Waals surface area contributed by atoms with Gasteiger partial charge in [-0.15, -0.1) is 0 Å². The van der Waals surface area contributed by atoms with Crippen molar-refractivity contribution in [3.05, 3.63) is 69.1 Å². The molecule has 0 unspecified atom stereocenters. The zero-order valence-electron chi connectivity index (χ0n) is 12.7. The fourth-order valence-electron chi connectivity index (χ4n) is 2.29. The van der Waals surface area contributed by atoms with Crippen LogP contribution in [0.4, 0.5) is 5.69 Å². The van der Waals surface area contributed by atoms with Crippen LogP contribution >= 0.6 is 35.6 Å². The monoisotopic (exact) mass is 359 g/mol. The van der Waals surface area contributed by atoms with Gasteiger partial charge in [-0.05, 0) is 54.8 Å². The Morgan fingerprint density at radius 3 is 2.57 bits per heavy atom. The molecule has 23 heavy (non-hydrogen) atoms. The highest BCUT2D eigenvalue weighted by molar-refractivity contribution is 8.27. The van der Waals surface area contributed by atoms with Crippen LogP contribution in [0.25, 0.3) is 6.08 Å². The van der Waals surface area contributed by atoms with E-state index in [0.29, 0.717) is 14.2 Å². The number of thiocarbonyl (C=S) groups is 1. The van der Waals surface area contributed by atoms with E-state index in [1.807, 2.05) is 50.2 Å². The van der Waals surface area contributed by atoms with E-state index in [1.165, 1.54) is 17.3 Å². The maximum atomic E-state index is 12.7. The third-order valence-corrected chi connectivity index (χ3v) is 5.38. The Hall–Kier alpha value is -1.62. The lowest BCUT2D eigenvalue weighted by Gasteiger charge is -2.15. The number of halogens is 1. The van der Waals surface area contributed by atoms with Gasteiger partial charge in [-0.25, -0.2) is 0 Å². The van der Waals surface area contributed by atoms with Gasteiger partial charge < -0.3 is 0 Å². The average Bonchev–Trinajstić information content (AvgIpc) is 2.79. The number of rotatable bonds is 2. The molecule has 0 atom stereocenters. The van der Waals surface area contributed by atoms with Crippen molar-refractivity contribution in [3.8, 4) is 0 Å². The first-order valence-electron chi connectivity index (χ1n) is 7.07. The van der Waals surface area contributed by atoms with Gasteiger partial charge in [0.05, 0.1) is 10.6 Å². The molecule has 1 aliphatic rings. The summed E-state index contributed by atoms with van der Waals surface area (Å²) in [5.74, 6) is -0.108. The minimum atomic E-state index is -0.108. The molecular weight excluding hydrogens is 346 g/mol. The third-order valence-electron chi connectivity index (χ3n) is 3.73. The molecule has 1 fully saturated rings. The van der Waals surface area contributed by atoms with Crippen LogP contribution in [0.2, 0.25) is 5.02 Å². The molecule has 1 aliphatic heterocycles. The standard InChI is InChI=1S/C18H14ClNOS2/c1-11-7-8-14(9-12(11)2)20-17(21)16(23-18(20)22)10-13-5-3-4-6-15(13)19/h3-10H,1-2H3/b16-10+. The van der Waals surface area contributed by atoms with Gasteiger partial charge in [0.25, 0.3) is 5.91 Å². The molecule has 0 spiro atoms. The molecule has 2 aromatic carbocycles. The molecule has 116 valence electrons. The van der Waals surface area contributed by atoms with Gasteiger partial charge in [0, 0.05) is 5.02 Å². The Morgan fingerprint density at radius 2 is 1.87 bits per heavy atom. The molecule has 0 aromatic heterocycles. The molecule has 3 rings (SSSR count). The zero-order valence-corrected chi connectivity index (χ0v) is 15.1. The topological polar surface area (TPSA) is 20.3 Å². The molecular formula is C18H14ClNOS2. The summed E-state index contributed by atoms with van der Waals surface area (Å²) in [5.41, 5.74) is 3.94. The van der Waals surface area contributed by atoms with Gasteiger partial charge in [-0.2, -0.15) is 0 Å². The predicted molar refractivity (Wildman–Crippen MR) is 103 cm³/mol. The van der Waals surface area contributed by atoms with Crippen molar-refractivity contribution in [2.24, 2.45) is 0 Å². The van der Waals surface area contributed by atoms with Gasteiger partial charge in [0.2, 0.25) is 0 Å². The second-order valence-corrected chi connectivity index (χ2v) is 7.39. The number of carbonyl (C=O) groups is 1. The van der Waals surface area contributed by atoms with Crippen molar-refractivity contribution in [3.63, 3.8) is 0 Å². The normalized spacial score (nSPS) is 16.5. The van der Waals surface area contributed by atoms with E-state index in [9.17, 15) is 4.79 Å². The van der Waals surface area contributed by atoms with Crippen LogP contribution in [0.3, 0.4) is 0 Å². The van der Waals surface area contributed by atoms with Crippen molar-refractivity contribution in [1.82, 2.24) is 0 Å². The number of anilines is 1. The van der Waals surface area contributed by atoms with E-state index in [2.05, 4.69) is 0 Å². The molecule has 0 saturated carbocycles. The van der Waals surface area contributed by atoms with Gasteiger partial charge in [-0.1, -0.05) is 59.8 Å². The molecule has 1 heterocycles. The molecule has 0 radical (unpaired) electrons. The molecule has 0 N–H and O–H groups in total. The largest absolute Gasteiger partial charge is 0.270 e. The van der Waals surface area contributed by atoms with Crippen molar-refractivity contribution in [2.75, 3.05) is 4.90 Å². The maximum Gasteiger partial charge on any atom is 0.270 e. The summed E-state index contributed by atoms with van der Waals surface area (Å²) >= 11 is 12.9. The van der Waals surface area contributed by atoms with Crippen molar-refractivity contribution in [2.45, 2.75) is 13.8 Å². The zero-order chi connectivity index (χ0) is 16.6. The Labute approximate surface area is 150 Å². The number of amides is 1. The molecule has 0 bridgehead atoms. The third kappa shape index (κ3) is 3.20. The predicted octanol–water partition coefficient (Wildman–Crippen LogP) is 5.36. The first-order chi connectivity index (χ1) is 11.0. The molecule has 5 heteroatoms. The summed E-state index contributed by atoms with van der Waals surface area (Å²) in [6.45, 7) is 4.07. The highest BCUT2D eigenvalue weighted by atomic mass is 35.5. The second kappa shape index (κ2) is 6.48. The highest BCUT2D eigenvalue weighted by Crippen LogP contribution is 2.37. The SMILES string of the molecule is Cc1ccc(N2C(=O)/C(=C\c3ccccc3Cl)SC2=S)cc1C. The van der Waals surface area contributed by atoms with Gasteiger partial charge >= 0.3 is 0 Å². The minimum absolute atomic E-state index is 0.108. The number of hydrogen-bond acceptors (Lipinski definition) is 3. The lowest BCUT2D eigenvalue weighted by atomic mass is 10.1. The average molecular weight is 360 g/mol. The van der Waals surface area contributed by atoms with E-state index in [4.69, 9.17) is 23.8 Å². The van der Waals surface area contributed by atoms with Crippen LogP contribution in [-0.2, 0) is 4.79 Å². The van der Waals surface area contributed by atoms with Crippen molar-refractivity contribution >= 4 is 57.6 Å². The number of carbonyl (C=O) groups excluding carboxylic acids is 1. The van der Waals surface area contributed by atoms with Crippen molar-refractivity contribution < 1.29 is 4.79 Å². The fraction of sp³-hybridized carbons (Fsp3) is 0.111. The first-order valence-corrected chi connectivity index (χ1v) is 8.67. The fourth-order valence-corrected chi connectivity index (χ4v) is 3.77. The van der Waals surface area contributed by atoms with E-state index < -0.39 is 0 Å². The minimum Gasteiger partial charge on any atom is -0.268 e. The summed E-state index contributed by atoms with van der Waals surface area (Å²) in [6.07, 6.45) is 1.79. The second-order valence-electron chi connectivity index (χ2n) is 5.31. The number of thioether (sulfide) groups is 1. The molecule has 2 nitrogen and oxygen atoms in total. The Kier molecular flexibility index (Phi) is 4.57. The lowest BCUT2D eigenvalue weighted by Crippen LogP contribution is -2.27. The van der Waals surface area contributed by atoms with Crippen LogP contribution in [-0.4, -0.2) is 10.2 Å². The Morgan fingerprint density at radius 1 is 1.13 bits per heavy atom. The lowest BCUT2D eigenvalue weighted by molar-refractivity contribution is -0.113. The number of benzene rings is 2. The van der Waals surface area contributed by atoms with Crippen LogP contribution < -0.4 is 4.90 Å². The van der Waals surface area contributed by atoms with Gasteiger partial charge in [0.15, 0.2) is 4.32 Å². The summed E-state index contributed by atoms with van der Waals surface area (Å²) in [5, 5.41) is 0.615. The Balaban J connectivity index is 1.97. The molecule has 2 aromatic rings. The van der Waals surface area contributed by atoms with Crippen LogP contribution in [0, 0.1) is 13.8 Å². The van der Waals surface area contributed by atoms with Crippen molar-refractivity contribution in [1.29, 1.82) is 0 Å². The molecule has 1 amide bonds. The number of aryl methyl sites for hydroxylation is 2. The van der Waals surface area contributed by atoms with Gasteiger partial charge in [0.1, 0.15) is 0 Å². The molecule has 1 saturated heterocycles. The number of nitrogens with zero attached hydrogens (tertiary/aromatic N) is 1. The Bertz CT molecular complexity index is 845. The van der Waals surface area contributed by atoms with E-state index in [0.717, 1.165) is 16.8 Å². The smallest absolute Gasteiger partial charge is 0.268 e. The van der Waals surface area contributed by atoms with Crippen LogP contribution in [0.1, 0.15) is 16.7 Å². The van der Waals surface area contributed by atoms with Gasteiger partial charge in [-0.3, -0.25) is 9.69 Å². The van der Waals surface area contributed by atoms with E-state index >= 15 is 0 Å². The highest BCUT2D eigenvalue weighted by Gasteiger charge is 2.33. The molecule has 0 aliphatic carbocycles. The van der Waals surface area contributed by atoms with E-state index in [-0.39, 0.29) is 5.91 Å². The first kappa shape index (κ1) is 16.2. The maximum absolute atomic E-state index is 12.7. The summed E-state index contributed by atoms with van der Waals surface area (Å²) < 4.78 is 0.538. The van der Waals surface area contributed by atoms with Crippen LogP contribution in [0.5, 0.6) is 0 Å². The number of hydrogen-bond donors (Lipinski definition) is 0. The van der Waals surface area contributed by atoms with Crippen LogP contribution in [0.15, 0.2) is 47.4 Å².